The second-order valence-electron chi connectivity index (χ2n) is 3.44. The monoisotopic (exact) mass is 260 g/mol. The molecule has 0 unspecified atom stereocenters. The van der Waals surface area contributed by atoms with Crippen molar-refractivity contribution < 1.29 is 4.52 Å². The van der Waals surface area contributed by atoms with Crippen LogP contribution < -0.4 is 5.73 Å². The van der Waals surface area contributed by atoms with Crippen molar-refractivity contribution in [3.63, 3.8) is 0 Å². The van der Waals surface area contributed by atoms with E-state index in [1.54, 1.807) is 18.5 Å². The highest BCUT2D eigenvalue weighted by Gasteiger charge is 2.12. The van der Waals surface area contributed by atoms with Gasteiger partial charge in [0, 0.05) is 17.8 Å². The number of rotatable bonds is 3. The van der Waals surface area contributed by atoms with Gasteiger partial charge in [0.25, 0.3) is 0 Å². The zero-order valence-electron chi connectivity index (χ0n) is 9.15. The van der Waals surface area contributed by atoms with Crippen molar-refractivity contribution in [2.75, 3.05) is 5.73 Å². The van der Waals surface area contributed by atoms with Crippen molar-refractivity contribution in [3.05, 3.63) is 35.4 Å². The summed E-state index contributed by atoms with van der Waals surface area (Å²) in [6, 6.07) is 1.72. The maximum Gasteiger partial charge on any atom is 0.240 e. The molecule has 0 aliphatic carbocycles. The van der Waals surface area contributed by atoms with Gasteiger partial charge in [0.1, 0.15) is 0 Å². The van der Waals surface area contributed by atoms with Gasteiger partial charge in [-0.25, -0.2) is 15.0 Å². The van der Waals surface area contributed by atoms with Gasteiger partial charge in [-0.15, -0.1) is 11.3 Å². The molecule has 0 fully saturated rings. The van der Waals surface area contributed by atoms with Crippen LogP contribution in [0.25, 0.3) is 11.6 Å². The average molecular weight is 260 g/mol. The van der Waals surface area contributed by atoms with Crippen LogP contribution in [0.2, 0.25) is 0 Å². The summed E-state index contributed by atoms with van der Waals surface area (Å²) in [5, 5.41) is 6.21. The van der Waals surface area contributed by atoms with Crippen molar-refractivity contribution in [2.24, 2.45) is 0 Å². The molecule has 3 aromatic rings. The van der Waals surface area contributed by atoms with Gasteiger partial charge in [-0.3, -0.25) is 0 Å². The quantitative estimate of drug-likeness (QED) is 0.753. The third kappa shape index (κ3) is 2.18. The molecule has 0 spiro atoms. The maximum atomic E-state index is 5.55. The van der Waals surface area contributed by atoms with Gasteiger partial charge in [-0.1, -0.05) is 5.16 Å². The minimum Gasteiger partial charge on any atom is -0.375 e. The van der Waals surface area contributed by atoms with Gasteiger partial charge in [0.15, 0.2) is 5.13 Å². The van der Waals surface area contributed by atoms with Crippen LogP contribution in [0, 0.1) is 0 Å². The molecule has 3 rings (SSSR count). The van der Waals surface area contributed by atoms with Crippen molar-refractivity contribution in [3.8, 4) is 11.6 Å². The molecule has 0 radical (unpaired) electrons. The van der Waals surface area contributed by atoms with E-state index in [1.165, 1.54) is 11.3 Å². The number of aromatic nitrogens is 5. The normalized spacial score (nSPS) is 10.7. The molecule has 0 aromatic carbocycles. The van der Waals surface area contributed by atoms with E-state index in [9.17, 15) is 0 Å². The molecule has 0 saturated heterocycles. The fourth-order valence-electron chi connectivity index (χ4n) is 1.39. The Morgan fingerprint density at radius 1 is 1.17 bits per heavy atom. The van der Waals surface area contributed by atoms with Gasteiger partial charge >= 0.3 is 0 Å². The number of hydrogen-bond donors (Lipinski definition) is 1. The van der Waals surface area contributed by atoms with E-state index >= 15 is 0 Å². The van der Waals surface area contributed by atoms with Crippen LogP contribution in [0.3, 0.4) is 0 Å². The van der Waals surface area contributed by atoms with Crippen LogP contribution in [0.1, 0.15) is 11.6 Å². The van der Waals surface area contributed by atoms with Gasteiger partial charge < -0.3 is 10.3 Å². The summed E-state index contributed by atoms with van der Waals surface area (Å²) in [5.74, 6) is 1.27. The molecule has 0 amide bonds. The predicted molar refractivity (Wildman–Crippen MR) is 64.7 cm³/mol. The fourth-order valence-corrected chi connectivity index (χ4v) is 1.95. The zero-order valence-corrected chi connectivity index (χ0v) is 9.96. The standard InChI is InChI=1S/C10H8N6OS/c11-10-14-6(5-18-10)4-7-15-9(16-17-7)8-12-2-1-3-13-8/h1-3,5H,4H2,(H2,11,14). The second kappa shape index (κ2) is 4.49. The molecule has 3 heterocycles. The Labute approximate surface area is 106 Å². The van der Waals surface area contributed by atoms with Crippen LogP contribution in [0.5, 0.6) is 0 Å². The van der Waals surface area contributed by atoms with E-state index in [0.717, 1.165) is 5.69 Å². The third-order valence-electron chi connectivity index (χ3n) is 2.14. The Balaban J connectivity index is 1.82. The number of nitrogens with zero attached hydrogens (tertiary/aromatic N) is 5. The number of anilines is 1. The molecule has 0 aliphatic heterocycles. The van der Waals surface area contributed by atoms with E-state index in [-0.39, 0.29) is 0 Å². The lowest BCUT2D eigenvalue weighted by Crippen LogP contribution is -1.91. The number of hydrogen-bond acceptors (Lipinski definition) is 8. The third-order valence-corrected chi connectivity index (χ3v) is 2.86. The largest absolute Gasteiger partial charge is 0.375 e. The summed E-state index contributed by atoms with van der Waals surface area (Å²) >= 11 is 1.38. The molecular weight excluding hydrogens is 252 g/mol. The minimum atomic E-state index is 0.369. The zero-order chi connectivity index (χ0) is 12.4. The summed E-state index contributed by atoms with van der Waals surface area (Å²) in [6.07, 6.45) is 3.70. The van der Waals surface area contributed by atoms with Crippen molar-refractivity contribution >= 4 is 16.5 Å². The lowest BCUT2D eigenvalue weighted by atomic mass is 10.3. The van der Waals surface area contributed by atoms with E-state index in [4.69, 9.17) is 10.3 Å². The average Bonchev–Trinajstić information content (AvgIpc) is 3.01. The Morgan fingerprint density at radius 2 is 2.00 bits per heavy atom. The molecule has 18 heavy (non-hydrogen) atoms. The van der Waals surface area contributed by atoms with Crippen molar-refractivity contribution in [1.29, 1.82) is 0 Å². The molecule has 2 N–H and O–H groups in total. The highest BCUT2D eigenvalue weighted by Crippen LogP contribution is 2.16. The van der Waals surface area contributed by atoms with Crippen LogP contribution in [0.4, 0.5) is 5.13 Å². The molecule has 0 aliphatic rings. The fraction of sp³-hybridized carbons (Fsp3) is 0.100. The van der Waals surface area contributed by atoms with Gasteiger partial charge in [0.05, 0.1) is 12.1 Å². The highest BCUT2D eigenvalue weighted by molar-refractivity contribution is 7.13. The number of nitrogens with two attached hydrogens (primary N) is 1. The summed E-state index contributed by atoms with van der Waals surface area (Å²) in [6.45, 7) is 0. The minimum absolute atomic E-state index is 0.369. The van der Waals surface area contributed by atoms with Crippen LogP contribution in [-0.4, -0.2) is 25.1 Å². The molecule has 0 saturated carbocycles. The Morgan fingerprint density at radius 3 is 2.72 bits per heavy atom. The first-order valence-corrected chi connectivity index (χ1v) is 5.99. The Kier molecular flexibility index (Phi) is 2.69. The lowest BCUT2D eigenvalue weighted by Gasteiger charge is -1.89. The SMILES string of the molecule is Nc1nc(Cc2nc(-c3ncccn3)no2)cs1. The first kappa shape index (κ1) is 10.8. The number of thiazole rings is 1. The molecule has 90 valence electrons. The molecule has 7 nitrogen and oxygen atoms in total. The number of nitrogen functional groups attached to an aromatic ring is 1. The molecule has 0 atom stereocenters. The summed E-state index contributed by atoms with van der Waals surface area (Å²) in [4.78, 5) is 16.4. The van der Waals surface area contributed by atoms with Crippen molar-refractivity contribution in [2.45, 2.75) is 6.42 Å². The van der Waals surface area contributed by atoms with E-state index in [0.29, 0.717) is 29.1 Å². The van der Waals surface area contributed by atoms with E-state index < -0.39 is 0 Å². The van der Waals surface area contributed by atoms with E-state index in [1.807, 2.05) is 5.38 Å². The smallest absolute Gasteiger partial charge is 0.240 e. The van der Waals surface area contributed by atoms with Crippen LogP contribution >= 0.6 is 11.3 Å². The summed E-state index contributed by atoms with van der Waals surface area (Å²) < 4.78 is 5.11. The van der Waals surface area contributed by atoms with Crippen LogP contribution in [0.15, 0.2) is 28.4 Å². The summed E-state index contributed by atoms with van der Waals surface area (Å²) in [7, 11) is 0. The first-order chi connectivity index (χ1) is 8.81. The highest BCUT2D eigenvalue weighted by atomic mass is 32.1. The van der Waals surface area contributed by atoms with Gasteiger partial charge in [-0.05, 0) is 6.07 Å². The molecule has 3 aromatic heterocycles. The van der Waals surface area contributed by atoms with Crippen LogP contribution in [-0.2, 0) is 6.42 Å². The Hall–Kier alpha value is -2.35. The maximum absolute atomic E-state index is 5.55. The first-order valence-electron chi connectivity index (χ1n) is 5.11. The van der Waals surface area contributed by atoms with Gasteiger partial charge in [0.2, 0.25) is 17.5 Å². The predicted octanol–water partition coefficient (Wildman–Crippen LogP) is 1.16. The second-order valence-corrected chi connectivity index (χ2v) is 4.33. The Bertz CT molecular complexity index is 649. The van der Waals surface area contributed by atoms with Crippen molar-refractivity contribution in [1.82, 2.24) is 25.1 Å². The summed E-state index contributed by atoms with van der Waals surface area (Å²) in [5.41, 5.74) is 6.36. The van der Waals surface area contributed by atoms with E-state index in [2.05, 4.69) is 25.1 Å². The van der Waals surface area contributed by atoms with Gasteiger partial charge in [-0.2, -0.15) is 4.98 Å². The lowest BCUT2D eigenvalue weighted by molar-refractivity contribution is 0.385. The molecule has 8 heteroatoms. The molecule has 0 bridgehead atoms. The molecular formula is C10H8N6OS. The topological polar surface area (TPSA) is 104 Å².